The van der Waals surface area contributed by atoms with Gasteiger partial charge >= 0.3 is 5.97 Å². The third kappa shape index (κ3) is 3.88. The van der Waals surface area contributed by atoms with Gasteiger partial charge in [0.2, 0.25) is 0 Å². The van der Waals surface area contributed by atoms with Gasteiger partial charge in [-0.2, -0.15) is 11.8 Å². The monoisotopic (exact) mass is 259 g/mol. The van der Waals surface area contributed by atoms with Crippen LogP contribution in [0.5, 0.6) is 0 Å². The lowest BCUT2D eigenvalue weighted by atomic mass is 9.98. The molecule has 1 saturated carbocycles. The number of carboxylic acids is 1. The van der Waals surface area contributed by atoms with Gasteiger partial charge in [-0.25, -0.2) is 0 Å². The predicted molar refractivity (Wildman–Crippen MR) is 73.6 cm³/mol. The second-order valence-corrected chi connectivity index (χ2v) is 6.46. The molecule has 3 atom stereocenters. The molecular weight excluding hydrogens is 234 g/mol. The highest BCUT2D eigenvalue weighted by atomic mass is 32.2. The van der Waals surface area contributed by atoms with Crippen molar-refractivity contribution in [2.24, 2.45) is 5.92 Å². The molecule has 0 aromatic rings. The fourth-order valence-electron chi connectivity index (χ4n) is 2.33. The molecule has 1 fully saturated rings. The molecule has 0 heterocycles. The minimum absolute atomic E-state index is 0.513. The van der Waals surface area contributed by atoms with Crippen LogP contribution in [0.3, 0.4) is 0 Å². The van der Waals surface area contributed by atoms with E-state index in [0.717, 1.165) is 37.5 Å². The van der Waals surface area contributed by atoms with Gasteiger partial charge < -0.3 is 10.4 Å². The second-order valence-electron chi connectivity index (χ2n) is 5.13. The van der Waals surface area contributed by atoms with Crippen molar-refractivity contribution in [3.05, 3.63) is 0 Å². The van der Waals surface area contributed by atoms with Crippen LogP contribution in [0.15, 0.2) is 0 Å². The van der Waals surface area contributed by atoms with Crippen LogP contribution in [0.4, 0.5) is 0 Å². The highest BCUT2D eigenvalue weighted by Crippen LogP contribution is 2.38. The number of nitrogens with one attached hydrogen (secondary N) is 1. The number of carbonyl (C=O) groups is 1. The fraction of sp³-hybridized carbons (Fsp3) is 0.923. The molecule has 4 heteroatoms. The Labute approximate surface area is 109 Å². The summed E-state index contributed by atoms with van der Waals surface area (Å²) in [7, 11) is 0. The molecule has 3 unspecified atom stereocenters. The summed E-state index contributed by atoms with van der Waals surface area (Å²) in [4.78, 5) is 11.4. The average Bonchev–Trinajstić information content (AvgIpc) is 2.71. The predicted octanol–water partition coefficient (Wildman–Crippen LogP) is 2.75. The molecule has 0 bridgehead atoms. The third-order valence-corrected chi connectivity index (χ3v) is 5.34. The molecule has 0 amide bonds. The number of aliphatic carboxylic acids is 1. The molecule has 0 aromatic heterocycles. The lowest BCUT2D eigenvalue weighted by Crippen LogP contribution is -2.50. The van der Waals surface area contributed by atoms with E-state index < -0.39 is 11.5 Å². The van der Waals surface area contributed by atoms with Gasteiger partial charge in [-0.1, -0.05) is 27.2 Å². The molecule has 0 saturated heterocycles. The molecular formula is C13H25NO2S. The molecule has 1 aliphatic carbocycles. The standard InChI is InChI=1S/C13H25NO2S/c1-4-10(3)9-17-11-6-7-13(8-11,12(15)16)14-5-2/h10-11,14H,4-9H2,1-3H3,(H,15,16). The summed E-state index contributed by atoms with van der Waals surface area (Å²) >= 11 is 1.96. The Kier molecular flexibility index (Phi) is 5.80. The van der Waals surface area contributed by atoms with Crippen molar-refractivity contribution in [1.82, 2.24) is 5.32 Å². The quantitative estimate of drug-likeness (QED) is 0.738. The van der Waals surface area contributed by atoms with E-state index in [1.165, 1.54) is 6.42 Å². The van der Waals surface area contributed by atoms with Crippen molar-refractivity contribution in [2.45, 2.75) is 57.2 Å². The first-order valence-corrected chi connectivity index (χ1v) is 7.69. The Morgan fingerprint density at radius 1 is 1.59 bits per heavy atom. The van der Waals surface area contributed by atoms with Crippen LogP contribution in [-0.4, -0.2) is 34.2 Å². The van der Waals surface area contributed by atoms with Gasteiger partial charge in [0, 0.05) is 5.25 Å². The van der Waals surface area contributed by atoms with Crippen molar-refractivity contribution in [3.8, 4) is 0 Å². The van der Waals surface area contributed by atoms with Crippen molar-refractivity contribution >= 4 is 17.7 Å². The van der Waals surface area contributed by atoms with Gasteiger partial charge in [0.05, 0.1) is 0 Å². The van der Waals surface area contributed by atoms with Gasteiger partial charge in [0.25, 0.3) is 0 Å². The Balaban J connectivity index is 2.46. The summed E-state index contributed by atoms with van der Waals surface area (Å²) in [6, 6.07) is 0. The number of thioether (sulfide) groups is 1. The zero-order chi connectivity index (χ0) is 12.9. The van der Waals surface area contributed by atoms with Crippen LogP contribution >= 0.6 is 11.8 Å². The number of hydrogen-bond donors (Lipinski definition) is 2. The summed E-state index contributed by atoms with van der Waals surface area (Å²) in [6.45, 7) is 7.18. The van der Waals surface area contributed by atoms with Crippen LogP contribution in [0.25, 0.3) is 0 Å². The minimum Gasteiger partial charge on any atom is -0.480 e. The Hall–Kier alpha value is -0.220. The maximum atomic E-state index is 11.4. The lowest BCUT2D eigenvalue weighted by molar-refractivity contribution is -0.144. The molecule has 17 heavy (non-hydrogen) atoms. The van der Waals surface area contributed by atoms with E-state index >= 15 is 0 Å². The first kappa shape index (κ1) is 14.8. The molecule has 0 aliphatic heterocycles. The van der Waals surface area contributed by atoms with Crippen LogP contribution in [-0.2, 0) is 4.79 Å². The van der Waals surface area contributed by atoms with E-state index in [-0.39, 0.29) is 0 Å². The summed E-state index contributed by atoms with van der Waals surface area (Å²) < 4.78 is 0. The average molecular weight is 259 g/mol. The molecule has 3 nitrogen and oxygen atoms in total. The summed E-state index contributed by atoms with van der Waals surface area (Å²) in [5, 5.41) is 13.1. The minimum atomic E-state index is -0.675. The van der Waals surface area contributed by atoms with E-state index in [4.69, 9.17) is 0 Å². The highest BCUT2D eigenvalue weighted by Gasteiger charge is 2.44. The fourth-order valence-corrected chi connectivity index (χ4v) is 3.85. The number of carboxylic acid groups (broad SMARTS) is 1. The zero-order valence-electron chi connectivity index (χ0n) is 11.2. The highest BCUT2D eigenvalue weighted by molar-refractivity contribution is 7.99. The van der Waals surface area contributed by atoms with Gasteiger partial charge in [-0.15, -0.1) is 0 Å². The number of likely N-dealkylation sites (N-methyl/N-ethyl adjacent to an activating group) is 1. The molecule has 0 aromatic carbocycles. The lowest BCUT2D eigenvalue weighted by Gasteiger charge is -2.25. The number of hydrogen-bond acceptors (Lipinski definition) is 3. The zero-order valence-corrected chi connectivity index (χ0v) is 12.0. The van der Waals surface area contributed by atoms with Gasteiger partial charge in [-0.3, -0.25) is 4.79 Å². The van der Waals surface area contributed by atoms with Gasteiger partial charge in [0.15, 0.2) is 0 Å². The second kappa shape index (κ2) is 6.64. The van der Waals surface area contributed by atoms with Crippen LogP contribution in [0.2, 0.25) is 0 Å². The molecule has 100 valence electrons. The van der Waals surface area contributed by atoms with E-state index in [2.05, 4.69) is 19.2 Å². The van der Waals surface area contributed by atoms with Crippen molar-refractivity contribution in [2.75, 3.05) is 12.3 Å². The van der Waals surface area contributed by atoms with E-state index in [1.807, 2.05) is 18.7 Å². The van der Waals surface area contributed by atoms with Crippen LogP contribution in [0, 0.1) is 5.92 Å². The van der Waals surface area contributed by atoms with Gasteiger partial charge in [0.1, 0.15) is 5.54 Å². The molecule has 0 spiro atoms. The molecule has 0 radical (unpaired) electrons. The summed E-state index contributed by atoms with van der Waals surface area (Å²) in [5.41, 5.74) is -0.651. The van der Waals surface area contributed by atoms with E-state index in [0.29, 0.717) is 5.25 Å². The van der Waals surface area contributed by atoms with Crippen molar-refractivity contribution in [3.63, 3.8) is 0 Å². The molecule has 1 aliphatic rings. The van der Waals surface area contributed by atoms with Crippen LogP contribution < -0.4 is 5.32 Å². The topological polar surface area (TPSA) is 49.3 Å². The maximum absolute atomic E-state index is 11.4. The van der Waals surface area contributed by atoms with Crippen molar-refractivity contribution in [1.29, 1.82) is 0 Å². The number of rotatable bonds is 7. The SMILES string of the molecule is CCNC1(C(=O)O)CCC(SCC(C)CC)C1. The Bertz CT molecular complexity index is 260. The maximum Gasteiger partial charge on any atom is 0.323 e. The normalized spacial score (nSPS) is 30.4. The van der Waals surface area contributed by atoms with E-state index in [1.54, 1.807) is 0 Å². The first-order valence-electron chi connectivity index (χ1n) is 6.64. The largest absolute Gasteiger partial charge is 0.480 e. The van der Waals surface area contributed by atoms with Crippen LogP contribution in [0.1, 0.15) is 46.5 Å². The Morgan fingerprint density at radius 2 is 2.29 bits per heavy atom. The smallest absolute Gasteiger partial charge is 0.323 e. The Morgan fingerprint density at radius 3 is 2.82 bits per heavy atom. The third-order valence-electron chi connectivity index (χ3n) is 3.71. The molecule has 1 rings (SSSR count). The van der Waals surface area contributed by atoms with Crippen molar-refractivity contribution < 1.29 is 9.90 Å². The summed E-state index contributed by atoms with van der Waals surface area (Å²) in [5.74, 6) is 1.22. The first-order chi connectivity index (χ1) is 8.04. The summed E-state index contributed by atoms with van der Waals surface area (Å²) in [6.07, 6.45) is 3.78. The van der Waals surface area contributed by atoms with Gasteiger partial charge in [-0.05, 0) is 37.5 Å². The van der Waals surface area contributed by atoms with E-state index in [9.17, 15) is 9.90 Å². The molecule has 2 N–H and O–H groups in total.